The predicted octanol–water partition coefficient (Wildman–Crippen LogP) is 3.37. The molecule has 1 saturated carbocycles. The van der Waals surface area contributed by atoms with Crippen LogP contribution in [0.3, 0.4) is 0 Å². The number of aromatic amines is 1. The summed E-state index contributed by atoms with van der Waals surface area (Å²) in [5.41, 5.74) is 2.87. The summed E-state index contributed by atoms with van der Waals surface area (Å²) < 4.78 is 0. The second-order valence-electron chi connectivity index (χ2n) is 5.49. The predicted molar refractivity (Wildman–Crippen MR) is 83.0 cm³/mol. The Balaban J connectivity index is 1.68. The van der Waals surface area contributed by atoms with Gasteiger partial charge in [0.25, 0.3) is 0 Å². The van der Waals surface area contributed by atoms with Gasteiger partial charge in [0.1, 0.15) is 5.65 Å². The molecule has 0 aliphatic heterocycles. The number of aromatic nitrogens is 4. The van der Waals surface area contributed by atoms with Gasteiger partial charge < -0.3 is 10.3 Å². The van der Waals surface area contributed by atoms with Crippen LogP contribution >= 0.6 is 0 Å². The van der Waals surface area contributed by atoms with Gasteiger partial charge in [-0.3, -0.25) is 0 Å². The molecule has 0 unspecified atom stereocenters. The van der Waals surface area contributed by atoms with Crippen molar-refractivity contribution in [3.63, 3.8) is 0 Å². The first-order valence-electron chi connectivity index (χ1n) is 7.42. The molecule has 3 aromatic rings. The highest BCUT2D eigenvalue weighted by Crippen LogP contribution is 2.27. The van der Waals surface area contributed by atoms with Crippen molar-refractivity contribution in [2.45, 2.75) is 31.7 Å². The van der Waals surface area contributed by atoms with Gasteiger partial charge in [0.2, 0.25) is 5.95 Å². The molecule has 106 valence electrons. The Kier molecular flexibility index (Phi) is 3.03. The monoisotopic (exact) mass is 279 g/mol. The molecule has 21 heavy (non-hydrogen) atoms. The van der Waals surface area contributed by atoms with Crippen molar-refractivity contribution in [1.29, 1.82) is 0 Å². The molecule has 0 radical (unpaired) electrons. The smallest absolute Gasteiger partial charge is 0.223 e. The third-order valence-corrected chi connectivity index (χ3v) is 4.07. The summed E-state index contributed by atoms with van der Waals surface area (Å²) in [6.07, 6.45) is 10.6. The standard InChI is InChI=1S/C16H17N5/c1-2-5-11(4-1)20-16-18-9-7-14(21-16)13-10-19-15-12(13)6-3-8-17-15/h3,6-11H,1-2,4-5H2,(H,17,19)(H,18,20,21). The number of nitrogens with one attached hydrogen (secondary N) is 2. The molecule has 3 heterocycles. The highest BCUT2D eigenvalue weighted by molar-refractivity contribution is 5.92. The van der Waals surface area contributed by atoms with E-state index in [0.29, 0.717) is 6.04 Å². The Morgan fingerprint density at radius 3 is 2.90 bits per heavy atom. The van der Waals surface area contributed by atoms with E-state index < -0.39 is 0 Å². The zero-order valence-corrected chi connectivity index (χ0v) is 11.7. The summed E-state index contributed by atoms with van der Waals surface area (Å²) in [5.74, 6) is 0.720. The molecular formula is C16H17N5. The lowest BCUT2D eigenvalue weighted by molar-refractivity contribution is 0.744. The van der Waals surface area contributed by atoms with Crippen LogP contribution in [0.4, 0.5) is 5.95 Å². The molecule has 0 spiro atoms. The molecule has 0 bridgehead atoms. The maximum atomic E-state index is 4.66. The Morgan fingerprint density at radius 1 is 1.10 bits per heavy atom. The van der Waals surface area contributed by atoms with Crippen LogP contribution in [0.2, 0.25) is 0 Å². The minimum absolute atomic E-state index is 0.518. The van der Waals surface area contributed by atoms with Gasteiger partial charge in [0.15, 0.2) is 0 Å². The Hall–Kier alpha value is -2.43. The van der Waals surface area contributed by atoms with Gasteiger partial charge in [-0.1, -0.05) is 12.8 Å². The fraction of sp³-hybridized carbons (Fsp3) is 0.312. The largest absolute Gasteiger partial charge is 0.351 e. The van der Waals surface area contributed by atoms with Gasteiger partial charge in [-0.05, 0) is 31.0 Å². The average Bonchev–Trinajstić information content (AvgIpc) is 3.16. The molecule has 0 saturated heterocycles. The van der Waals surface area contributed by atoms with E-state index >= 15 is 0 Å². The van der Waals surface area contributed by atoms with E-state index in [4.69, 9.17) is 0 Å². The molecule has 1 aliphatic carbocycles. The number of pyridine rings is 1. The van der Waals surface area contributed by atoms with Crippen molar-refractivity contribution in [2.75, 3.05) is 5.32 Å². The minimum atomic E-state index is 0.518. The molecule has 5 nitrogen and oxygen atoms in total. The third kappa shape index (κ3) is 2.35. The van der Waals surface area contributed by atoms with Gasteiger partial charge >= 0.3 is 0 Å². The van der Waals surface area contributed by atoms with Crippen LogP contribution in [0.15, 0.2) is 36.8 Å². The van der Waals surface area contributed by atoms with E-state index in [9.17, 15) is 0 Å². The van der Waals surface area contributed by atoms with Crippen molar-refractivity contribution in [3.8, 4) is 11.3 Å². The third-order valence-electron chi connectivity index (χ3n) is 4.07. The maximum absolute atomic E-state index is 4.66. The van der Waals surface area contributed by atoms with Crippen molar-refractivity contribution in [1.82, 2.24) is 19.9 Å². The molecule has 1 fully saturated rings. The zero-order chi connectivity index (χ0) is 14.1. The first-order chi connectivity index (χ1) is 10.4. The Morgan fingerprint density at radius 2 is 2.00 bits per heavy atom. The normalized spacial score (nSPS) is 15.6. The highest BCUT2D eigenvalue weighted by atomic mass is 15.1. The fourth-order valence-electron chi connectivity index (χ4n) is 3.00. The lowest BCUT2D eigenvalue weighted by Crippen LogP contribution is -2.16. The van der Waals surface area contributed by atoms with Gasteiger partial charge in [-0.15, -0.1) is 0 Å². The van der Waals surface area contributed by atoms with Crippen LogP contribution < -0.4 is 5.32 Å². The van der Waals surface area contributed by atoms with Crippen LogP contribution in [0.1, 0.15) is 25.7 Å². The van der Waals surface area contributed by atoms with Crippen LogP contribution in [0, 0.1) is 0 Å². The van der Waals surface area contributed by atoms with Crippen molar-refractivity contribution in [3.05, 3.63) is 36.8 Å². The molecule has 0 amide bonds. The van der Waals surface area contributed by atoms with Gasteiger partial charge in [0.05, 0.1) is 5.69 Å². The molecule has 4 rings (SSSR count). The molecule has 0 aromatic carbocycles. The Labute approximate surface area is 122 Å². The number of hydrogen-bond donors (Lipinski definition) is 2. The van der Waals surface area contributed by atoms with Gasteiger partial charge in [0, 0.05) is 35.6 Å². The number of nitrogens with zero attached hydrogens (tertiary/aromatic N) is 3. The van der Waals surface area contributed by atoms with E-state index in [1.807, 2.05) is 24.5 Å². The summed E-state index contributed by atoms with van der Waals surface area (Å²) >= 11 is 0. The lowest BCUT2D eigenvalue weighted by Gasteiger charge is -2.11. The fourth-order valence-corrected chi connectivity index (χ4v) is 3.00. The van der Waals surface area contributed by atoms with E-state index in [-0.39, 0.29) is 0 Å². The average molecular weight is 279 g/mol. The number of rotatable bonds is 3. The molecular weight excluding hydrogens is 262 g/mol. The number of H-pyrrole nitrogens is 1. The second-order valence-corrected chi connectivity index (χ2v) is 5.49. The maximum Gasteiger partial charge on any atom is 0.223 e. The topological polar surface area (TPSA) is 66.5 Å². The zero-order valence-electron chi connectivity index (χ0n) is 11.7. The second kappa shape index (κ2) is 5.16. The van der Waals surface area contributed by atoms with Gasteiger partial charge in [-0.2, -0.15) is 0 Å². The molecule has 3 aromatic heterocycles. The van der Waals surface area contributed by atoms with Gasteiger partial charge in [-0.25, -0.2) is 15.0 Å². The first kappa shape index (κ1) is 12.3. The highest BCUT2D eigenvalue weighted by Gasteiger charge is 2.16. The number of hydrogen-bond acceptors (Lipinski definition) is 4. The number of fused-ring (bicyclic) bond motifs is 1. The molecule has 2 N–H and O–H groups in total. The van der Waals surface area contributed by atoms with E-state index in [1.165, 1.54) is 25.7 Å². The summed E-state index contributed by atoms with van der Waals surface area (Å²) in [7, 11) is 0. The van der Waals surface area contributed by atoms with Crippen molar-refractivity contribution in [2.24, 2.45) is 0 Å². The summed E-state index contributed by atoms with van der Waals surface area (Å²) in [6.45, 7) is 0. The minimum Gasteiger partial charge on any atom is -0.351 e. The summed E-state index contributed by atoms with van der Waals surface area (Å²) in [4.78, 5) is 16.5. The summed E-state index contributed by atoms with van der Waals surface area (Å²) in [6, 6.07) is 6.46. The molecule has 5 heteroatoms. The van der Waals surface area contributed by atoms with Crippen molar-refractivity contribution < 1.29 is 0 Å². The summed E-state index contributed by atoms with van der Waals surface area (Å²) in [5, 5.41) is 4.53. The molecule has 1 aliphatic rings. The van der Waals surface area contributed by atoms with E-state index in [2.05, 4.69) is 31.3 Å². The van der Waals surface area contributed by atoms with Crippen molar-refractivity contribution >= 4 is 17.0 Å². The van der Waals surface area contributed by atoms with Crippen LogP contribution in [0.25, 0.3) is 22.3 Å². The van der Waals surface area contributed by atoms with E-state index in [1.54, 1.807) is 6.20 Å². The van der Waals surface area contributed by atoms with Crippen LogP contribution in [0.5, 0.6) is 0 Å². The Bertz CT molecular complexity index is 758. The van der Waals surface area contributed by atoms with Crippen LogP contribution in [-0.4, -0.2) is 26.0 Å². The van der Waals surface area contributed by atoms with Crippen LogP contribution in [-0.2, 0) is 0 Å². The SMILES string of the molecule is c1cnc2[nH]cc(-c3ccnc(NC4CCCC4)n3)c2c1. The van der Waals surface area contributed by atoms with E-state index in [0.717, 1.165) is 28.2 Å². The molecule has 0 atom stereocenters. The number of anilines is 1. The lowest BCUT2D eigenvalue weighted by atomic mass is 10.1. The first-order valence-corrected chi connectivity index (χ1v) is 7.42. The quantitative estimate of drug-likeness (QED) is 0.771.